The summed E-state index contributed by atoms with van der Waals surface area (Å²) in [6.07, 6.45) is -4.16. The molecule has 37 heavy (non-hydrogen) atoms. The number of ether oxygens (including phenoxy) is 1. The molecule has 0 radical (unpaired) electrons. The molecule has 0 unspecified atom stereocenters. The number of nitrogens with two attached hydrogens (primary N) is 1. The van der Waals surface area contributed by atoms with E-state index in [2.05, 4.69) is 15.4 Å². The van der Waals surface area contributed by atoms with Crippen LogP contribution >= 0.6 is 0 Å². The second-order valence-electron chi connectivity index (χ2n) is 9.19. The molecule has 196 valence electrons. The lowest BCUT2D eigenvalue weighted by atomic mass is 10.0. The lowest BCUT2D eigenvalue weighted by molar-refractivity contribution is -0.275. The van der Waals surface area contributed by atoms with E-state index in [1.54, 1.807) is 18.2 Å². The lowest BCUT2D eigenvalue weighted by Gasteiger charge is -2.27. The van der Waals surface area contributed by atoms with Gasteiger partial charge >= 0.3 is 6.36 Å². The first kappa shape index (κ1) is 25.9. The third-order valence-electron chi connectivity index (χ3n) is 6.55. The number of hydrogen-bond donors (Lipinski definition) is 4. The number of likely N-dealkylation sites (tertiary alicyclic amines) is 1. The highest BCUT2D eigenvalue weighted by molar-refractivity contribution is 6.44. The number of amides is 3. The largest absolute Gasteiger partial charge is 0.573 e. The van der Waals surface area contributed by atoms with Gasteiger partial charge in [0, 0.05) is 17.3 Å². The molecule has 2 aromatic rings. The smallest absolute Gasteiger partial charge is 0.403 e. The van der Waals surface area contributed by atoms with Crippen molar-refractivity contribution in [3.63, 3.8) is 0 Å². The van der Waals surface area contributed by atoms with Gasteiger partial charge in [-0.25, -0.2) is 4.39 Å². The maximum atomic E-state index is 14.6. The summed E-state index contributed by atoms with van der Waals surface area (Å²) >= 11 is 0. The molecule has 2 aliphatic rings. The SMILES string of the molecule is C[C@@]12C[C@@H](C(=O)Nc3cccc(OC(F)(F)F)c3F)N(C(=O)CNc3ccccc3C(=N)C(N)=O)[C@@H]1C2. The Labute approximate surface area is 208 Å². The number of para-hydroxylation sites is 1. The number of piperidine rings is 1. The summed E-state index contributed by atoms with van der Waals surface area (Å²) in [5, 5.41) is 13.0. The Kier molecular flexibility index (Phi) is 6.57. The average molecular weight is 521 g/mol. The van der Waals surface area contributed by atoms with Gasteiger partial charge in [0.15, 0.2) is 11.6 Å². The van der Waals surface area contributed by atoms with Crippen LogP contribution in [0.4, 0.5) is 28.9 Å². The molecule has 1 aliphatic carbocycles. The first-order valence-electron chi connectivity index (χ1n) is 11.2. The van der Waals surface area contributed by atoms with Crippen molar-refractivity contribution in [2.24, 2.45) is 11.1 Å². The number of carbonyl (C=O) groups excluding carboxylic acids is 3. The van der Waals surface area contributed by atoms with Crippen molar-refractivity contribution in [1.82, 2.24) is 4.90 Å². The molecule has 9 nitrogen and oxygen atoms in total. The summed E-state index contributed by atoms with van der Waals surface area (Å²) in [5.74, 6) is -4.64. The molecular formula is C24H23F4N5O4. The maximum Gasteiger partial charge on any atom is 0.573 e. The number of alkyl halides is 3. The monoisotopic (exact) mass is 521 g/mol. The fourth-order valence-corrected chi connectivity index (χ4v) is 4.64. The van der Waals surface area contributed by atoms with Crippen LogP contribution in [0.25, 0.3) is 0 Å². The Morgan fingerprint density at radius 3 is 2.49 bits per heavy atom. The van der Waals surface area contributed by atoms with Gasteiger partial charge in [-0.3, -0.25) is 19.8 Å². The second-order valence-corrected chi connectivity index (χ2v) is 9.19. The Hall–Kier alpha value is -4.16. The number of hydrogen-bond acceptors (Lipinski definition) is 6. The molecule has 0 spiro atoms. The average Bonchev–Trinajstić information content (AvgIpc) is 3.38. The minimum Gasteiger partial charge on any atom is -0.403 e. The first-order valence-corrected chi connectivity index (χ1v) is 11.2. The van der Waals surface area contributed by atoms with Crippen LogP contribution < -0.4 is 21.1 Å². The predicted octanol–water partition coefficient (Wildman–Crippen LogP) is 3.01. The van der Waals surface area contributed by atoms with Gasteiger partial charge in [0.2, 0.25) is 11.8 Å². The Morgan fingerprint density at radius 1 is 1.14 bits per heavy atom. The van der Waals surface area contributed by atoms with Crippen LogP contribution in [-0.2, 0) is 14.4 Å². The third-order valence-corrected chi connectivity index (χ3v) is 6.55. The second kappa shape index (κ2) is 9.37. The van der Waals surface area contributed by atoms with Gasteiger partial charge in [-0.2, -0.15) is 0 Å². The molecule has 0 bridgehead atoms. The van der Waals surface area contributed by atoms with Crippen molar-refractivity contribution in [3.8, 4) is 5.75 Å². The third kappa shape index (κ3) is 5.34. The van der Waals surface area contributed by atoms with Crippen molar-refractivity contribution in [2.45, 2.75) is 38.2 Å². The van der Waals surface area contributed by atoms with Crippen LogP contribution in [0.2, 0.25) is 0 Å². The normalized spacial score (nSPS) is 22.1. The van der Waals surface area contributed by atoms with E-state index in [4.69, 9.17) is 11.1 Å². The molecule has 1 saturated carbocycles. The van der Waals surface area contributed by atoms with Crippen LogP contribution in [0.3, 0.4) is 0 Å². The summed E-state index contributed by atoms with van der Waals surface area (Å²) in [4.78, 5) is 39.0. The Bertz CT molecular complexity index is 1280. The van der Waals surface area contributed by atoms with E-state index in [1.165, 1.54) is 11.0 Å². The quantitative estimate of drug-likeness (QED) is 0.313. The predicted molar refractivity (Wildman–Crippen MR) is 124 cm³/mol. The van der Waals surface area contributed by atoms with Crippen LogP contribution in [0, 0.1) is 16.6 Å². The van der Waals surface area contributed by atoms with Crippen LogP contribution in [0.1, 0.15) is 25.3 Å². The Balaban J connectivity index is 1.48. The summed E-state index contributed by atoms with van der Waals surface area (Å²) in [6, 6.07) is 8.05. The zero-order valence-corrected chi connectivity index (χ0v) is 19.5. The van der Waals surface area contributed by atoms with Crippen molar-refractivity contribution in [2.75, 3.05) is 17.2 Å². The number of rotatable bonds is 8. The standard InChI is InChI=1S/C24H23F4N5O4/c1-23-9-15(22(36)32-14-7-4-8-16(19(14)25)37-24(26,27)28)33(17(23)10-23)18(34)11-31-13-6-3-2-5-12(13)20(29)21(30)35/h2-8,15,17,29,31H,9-11H2,1H3,(H2,30,35)(H,32,36)/t15-,17+,23-/m0/s1. The van der Waals surface area contributed by atoms with Gasteiger partial charge in [0.1, 0.15) is 11.8 Å². The molecule has 2 aromatic carbocycles. The summed E-state index contributed by atoms with van der Waals surface area (Å²) in [6.45, 7) is 1.63. The molecule has 1 saturated heterocycles. The highest BCUT2D eigenvalue weighted by Crippen LogP contribution is 2.59. The van der Waals surface area contributed by atoms with E-state index in [1.807, 2.05) is 6.92 Å². The number of nitrogens with one attached hydrogen (secondary N) is 3. The van der Waals surface area contributed by atoms with Gasteiger partial charge < -0.3 is 26.0 Å². The summed E-state index contributed by atoms with van der Waals surface area (Å²) < 4.78 is 55.8. The molecule has 3 amide bonds. The number of nitrogens with zero attached hydrogens (tertiary/aromatic N) is 1. The molecule has 0 aromatic heterocycles. The van der Waals surface area contributed by atoms with Crippen LogP contribution in [-0.4, -0.2) is 53.3 Å². The van der Waals surface area contributed by atoms with Gasteiger partial charge in [-0.15, -0.1) is 13.2 Å². The lowest BCUT2D eigenvalue weighted by Crippen LogP contribution is -2.47. The number of halogens is 4. The van der Waals surface area contributed by atoms with Crippen molar-refractivity contribution in [1.29, 1.82) is 5.41 Å². The molecule has 13 heteroatoms. The molecule has 5 N–H and O–H groups in total. The zero-order chi connectivity index (χ0) is 27.1. The first-order chi connectivity index (χ1) is 17.3. The van der Waals surface area contributed by atoms with Crippen molar-refractivity contribution >= 4 is 34.8 Å². The number of carbonyl (C=O) groups is 3. The zero-order valence-electron chi connectivity index (χ0n) is 19.5. The van der Waals surface area contributed by atoms with Crippen LogP contribution in [0.15, 0.2) is 42.5 Å². The van der Waals surface area contributed by atoms with Crippen molar-refractivity contribution < 1.29 is 36.7 Å². The van der Waals surface area contributed by atoms with E-state index in [0.717, 1.165) is 18.2 Å². The van der Waals surface area contributed by atoms with Gasteiger partial charge in [-0.05, 0) is 36.5 Å². The van der Waals surface area contributed by atoms with E-state index in [-0.39, 0.29) is 23.6 Å². The fourth-order valence-electron chi connectivity index (χ4n) is 4.64. The molecule has 4 rings (SSSR count). The molecular weight excluding hydrogens is 498 g/mol. The maximum absolute atomic E-state index is 14.6. The van der Waals surface area contributed by atoms with E-state index in [0.29, 0.717) is 18.5 Å². The highest BCUT2D eigenvalue weighted by atomic mass is 19.4. The number of primary amides is 1. The molecule has 1 heterocycles. The highest BCUT2D eigenvalue weighted by Gasteiger charge is 2.64. The van der Waals surface area contributed by atoms with E-state index >= 15 is 0 Å². The molecule has 2 fully saturated rings. The van der Waals surface area contributed by atoms with Gasteiger partial charge in [0.25, 0.3) is 5.91 Å². The van der Waals surface area contributed by atoms with Crippen molar-refractivity contribution in [3.05, 3.63) is 53.8 Å². The number of anilines is 2. The van der Waals surface area contributed by atoms with Crippen LogP contribution in [0.5, 0.6) is 5.75 Å². The summed E-state index contributed by atoms with van der Waals surface area (Å²) in [5.41, 5.74) is 4.45. The van der Waals surface area contributed by atoms with Gasteiger partial charge in [-0.1, -0.05) is 31.2 Å². The molecule has 3 atom stereocenters. The number of fused-ring (bicyclic) bond motifs is 1. The topological polar surface area (TPSA) is 138 Å². The van der Waals surface area contributed by atoms with Gasteiger partial charge in [0.05, 0.1) is 12.2 Å². The fraction of sp³-hybridized carbons (Fsp3) is 0.333. The van der Waals surface area contributed by atoms with E-state index < -0.39 is 53.1 Å². The summed E-state index contributed by atoms with van der Waals surface area (Å²) in [7, 11) is 0. The minimum atomic E-state index is -5.12. The number of benzene rings is 2. The minimum absolute atomic E-state index is 0.200. The Morgan fingerprint density at radius 2 is 1.81 bits per heavy atom. The molecule has 1 aliphatic heterocycles. The van der Waals surface area contributed by atoms with E-state index in [9.17, 15) is 31.9 Å².